The van der Waals surface area contributed by atoms with Crippen molar-refractivity contribution in [2.45, 2.75) is 6.54 Å². The summed E-state index contributed by atoms with van der Waals surface area (Å²) >= 11 is 6.00. The minimum absolute atomic E-state index is 0.374. The van der Waals surface area contributed by atoms with Crippen LogP contribution in [0, 0.1) is 0 Å². The van der Waals surface area contributed by atoms with Crippen molar-refractivity contribution < 1.29 is 4.79 Å². The van der Waals surface area contributed by atoms with Gasteiger partial charge in [0.15, 0.2) is 0 Å². The van der Waals surface area contributed by atoms with Crippen LogP contribution in [0.4, 0.5) is 16.2 Å². The highest BCUT2D eigenvalue weighted by Crippen LogP contribution is 2.20. The lowest BCUT2D eigenvalue weighted by Gasteiger charge is -2.07. The molecule has 2 aromatic heterocycles. The fraction of sp³-hybridized carbons (Fsp3) is 0.0625. The largest absolute Gasteiger partial charge is 0.323 e. The fourth-order valence-electron chi connectivity index (χ4n) is 2.04. The van der Waals surface area contributed by atoms with Crippen LogP contribution in [0.25, 0.3) is 0 Å². The summed E-state index contributed by atoms with van der Waals surface area (Å²) in [5.41, 5.74) is 2.23. The standard InChI is InChI=1S/C16H14ClN5O/c17-14-3-1-2-4-15(14)21-16(23)20-13-9-19-22(11-13)10-12-5-7-18-8-6-12/h1-9,11H,10H2,(H2,20,21,23). The van der Waals surface area contributed by atoms with E-state index < -0.39 is 0 Å². The average molecular weight is 328 g/mol. The first-order valence-corrected chi connectivity index (χ1v) is 7.32. The molecule has 0 spiro atoms. The van der Waals surface area contributed by atoms with Crippen LogP contribution in [0.3, 0.4) is 0 Å². The van der Waals surface area contributed by atoms with E-state index in [9.17, 15) is 4.79 Å². The topological polar surface area (TPSA) is 71.8 Å². The van der Waals surface area contributed by atoms with E-state index in [1.54, 1.807) is 53.7 Å². The number of para-hydroxylation sites is 1. The van der Waals surface area contributed by atoms with Gasteiger partial charge in [-0.25, -0.2) is 4.79 Å². The van der Waals surface area contributed by atoms with E-state index in [2.05, 4.69) is 20.7 Å². The predicted molar refractivity (Wildman–Crippen MR) is 89.7 cm³/mol. The maximum absolute atomic E-state index is 12.0. The number of urea groups is 1. The lowest BCUT2D eigenvalue weighted by atomic mass is 10.3. The van der Waals surface area contributed by atoms with Gasteiger partial charge >= 0.3 is 6.03 Å². The van der Waals surface area contributed by atoms with Gasteiger partial charge < -0.3 is 10.6 Å². The van der Waals surface area contributed by atoms with Crippen molar-refractivity contribution in [2.75, 3.05) is 10.6 Å². The van der Waals surface area contributed by atoms with Crippen LogP contribution in [0.5, 0.6) is 0 Å². The molecule has 3 aromatic rings. The Morgan fingerprint density at radius 3 is 2.70 bits per heavy atom. The molecule has 0 saturated heterocycles. The quantitative estimate of drug-likeness (QED) is 0.768. The summed E-state index contributed by atoms with van der Waals surface area (Å²) in [6.45, 7) is 0.607. The molecule has 6 nitrogen and oxygen atoms in total. The smallest absolute Gasteiger partial charge is 0.306 e. The van der Waals surface area contributed by atoms with Gasteiger partial charge in [0.2, 0.25) is 0 Å². The molecule has 7 heteroatoms. The van der Waals surface area contributed by atoms with Crippen LogP contribution < -0.4 is 10.6 Å². The monoisotopic (exact) mass is 327 g/mol. The Morgan fingerprint density at radius 1 is 1.13 bits per heavy atom. The van der Waals surface area contributed by atoms with Crippen LogP contribution in [-0.4, -0.2) is 20.8 Å². The molecule has 3 rings (SSSR count). The number of carbonyl (C=O) groups excluding carboxylic acids is 1. The van der Waals surface area contributed by atoms with Crippen molar-refractivity contribution in [1.82, 2.24) is 14.8 Å². The summed E-state index contributed by atoms with van der Waals surface area (Å²) in [5, 5.41) is 10.1. The molecule has 0 radical (unpaired) electrons. The van der Waals surface area contributed by atoms with E-state index in [-0.39, 0.29) is 6.03 Å². The van der Waals surface area contributed by atoms with E-state index in [4.69, 9.17) is 11.6 Å². The summed E-state index contributed by atoms with van der Waals surface area (Å²) in [7, 11) is 0. The molecule has 1 aromatic carbocycles. The SMILES string of the molecule is O=C(Nc1cnn(Cc2ccncc2)c1)Nc1ccccc1Cl. The van der Waals surface area contributed by atoms with Gasteiger partial charge in [-0.1, -0.05) is 23.7 Å². The molecule has 0 aliphatic carbocycles. The van der Waals surface area contributed by atoms with Crippen molar-refractivity contribution >= 4 is 29.0 Å². The van der Waals surface area contributed by atoms with Crippen molar-refractivity contribution in [3.63, 3.8) is 0 Å². The number of halogens is 1. The van der Waals surface area contributed by atoms with E-state index in [0.717, 1.165) is 5.56 Å². The van der Waals surface area contributed by atoms with Gasteiger partial charge in [-0.05, 0) is 29.8 Å². The molecular weight excluding hydrogens is 314 g/mol. The molecule has 0 atom stereocenters. The van der Waals surface area contributed by atoms with Gasteiger partial charge in [0.1, 0.15) is 0 Å². The predicted octanol–water partition coefficient (Wildman–Crippen LogP) is 3.62. The molecule has 0 aliphatic heterocycles. The molecule has 0 aliphatic rings. The van der Waals surface area contributed by atoms with Crippen LogP contribution in [0.2, 0.25) is 5.02 Å². The van der Waals surface area contributed by atoms with E-state index >= 15 is 0 Å². The zero-order chi connectivity index (χ0) is 16.1. The van der Waals surface area contributed by atoms with Crippen molar-refractivity contribution in [2.24, 2.45) is 0 Å². The number of nitrogens with zero attached hydrogens (tertiary/aromatic N) is 3. The van der Waals surface area contributed by atoms with Gasteiger partial charge in [0.25, 0.3) is 0 Å². The molecule has 2 heterocycles. The number of rotatable bonds is 4. The molecule has 116 valence electrons. The highest BCUT2D eigenvalue weighted by molar-refractivity contribution is 6.33. The van der Waals surface area contributed by atoms with Crippen molar-refractivity contribution in [1.29, 1.82) is 0 Å². The van der Waals surface area contributed by atoms with Crippen LogP contribution in [0.1, 0.15) is 5.56 Å². The Kier molecular flexibility index (Phi) is 4.54. The number of anilines is 2. The molecule has 0 unspecified atom stereocenters. The number of amides is 2. The fourth-order valence-corrected chi connectivity index (χ4v) is 2.22. The third-order valence-electron chi connectivity index (χ3n) is 3.11. The lowest BCUT2D eigenvalue weighted by Crippen LogP contribution is -2.19. The maximum atomic E-state index is 12.0. The first-order chi connectivity index (χ1) is 11.2. The number of nitrogens with one attached hydrogen (secondary N) is 2. The minimum Gasteiger partial charge on any atom is -0.306 e. The summed E-state index contributed by atoms with van der Waals surface area (Å²) in [4.78, 5) is 15.9. The first-order valence-electron chi connectivity index (χ1n) is 6.94. The Balaban J connectivity index is 1.60. The second-order valence-corrected chi connectivity index (χ2v) is 5.25. The second-order valence-electron chi connectivity index (χ2n) is 4.84. The highest BCUT2D eigenvalue weighted by Gasteiger charge is 2.07. The maximum Gasteiger partial charge on any atom is 0.323 e. The van der Waals surface area contributed by atoms with Crippen molar-refractivity contribution in [3.05, 3.63) is 71.8 Å². The Labute approximate surface area is 138 Å². The Bertz CT molecular complexity index is 803. The molecule has 0 bridgehead atoms. The summed E-state index contributed by atoms with van der Waals surface area (Å²) in [6, 6.07) is 10.5. The second kappa shape index (κ2) is 6.93. The highest BCUT2D eigenvalue weighted by atomic mass is 35.5. The number of hydrogen-bond donors (Lipinski definition) is 2. The number of aromatic nitrogens is 3. The third-order valence-corrected chi connectivity index (χ3v) is 3.44. The summed E-state index contributed by atoms with van der Waals surface area (Å²) in [5.74, 6) is 0. The lowest BCUT2D eigenvalue weighted by molar-refractivity contribution is 0.262. The van der Waals surface area contributed by atoms with Crippen LogP contribution >= 0.6 is 11.6 Å². The van der Waals surface area contributed by atoms with Gasteiger partial charge in [-0.2, -0.15) is 5.10 Å². The van der Waals surface area contributed by atoms with Gasteiger partial charge in [0.05, 0.1) is 29.1 Å². The van der Waals surface area contributed by atoms with E-state index in [0.29, 0.717) is 22.9 Å². The van der Waals surface area contributed by atoms with Gasteiger partial charge in [0, 0.05) is 18.6 Å². The van der Waals surface area contributed by atoms with Crippen LogP contribution in [-0.2, 0) is 6.54 Å². The normalized spacial score (nSPS) is 10.3. The molecule has 23 heavy (non-hydrogen) atoms. The number of hydrogen-bond acceptors (Lipinski definition) is 3. The molecule has 2 N–H and O–H groups in total. The Morgan fingerprint density at radius 2 is 1.91 bits per heavy atom. The van der Waals surface area contributed by atoms with Crippen molar-refractivity contribution in [3.8, 4) is 0 Å². The number of pyridine rings is 1. The number of benzene rings is 1. The van der Waals surface area contributed by atoms with Gasteiger partial charge in [-0.3, -0.25) is 9.67 Å². The number of carbonyl (C=O) groups is 1. The Hall–Kier alpha value is -2.86. The minimum atomic E-state index is -0.374. The van der Waals surface area contributed by atoms with Gasteiger partial charge in [-0.15, -0.1) is 0 Å². The summed E-state index contributed by atoms with van der Waals surface area (Å²) in [6.07, 6.45) is 6.81. The zero-order valence-electron chi connectivity index (χ0n) is 12.1. The average Bonchev–Trinajstić information content (AvgIpc) is 2.97. The molecule has 2 amide bonds. The molecule has 0 saturated carbocycles. The van der Waals surface area contributed by atoms with Crippen LogP contribution in [0.15, 0.2) is 61.2 Å². The summed E-state index contributed by atoms with van der Waals surface area (Å²) < 4.78 is 1.74. The third kappa shape index (κ3) is 4.08. The van der Waals surface area contributed by atoms with E-state index in [1.165, 1.54) is 0 Å². The molecular formula is C16H14ClN5O. The van der Waals surface area contributed by atoms with E-state index in [1.807, 2.05) is 12.1 Å². The zero-order valence-corrected chi connectivity index (χ0v) is 12.9. The first kappa shape index (κ1) is 15.1. The molecule has 0 fully saturated rings.